The maximum atomic E-state index is 13.5. The van der Waals surface area contributed by atoms with Crippen molar-refractivity contribution in [1.82, 2.24) is 19.6 Å². The Hall–Kier alpha value is -3.70. The Labute approximate surface area is 204 Å². The van der Waals surface area contributed by atoms with E-state index in [9.17, 15) is 19.2 Å². The van der Waals surface area contributed by atoms with Crippen molar-refractivity contribution in [3.63, 3.8) is 0 Å². The number of primary amides is 1. The molecule has 2 heterocycles. The summed E-state index contributed by atoms with van der Waals surface area (Å²) in [4.78, 5) is 51.9. The molecule has 2 aromatic rings. The van der Waals surface area contributed by atoms with Gasteiger partial charge in [0.15, 0.2) is 11.6 Å². The van der Waals surface area contributed by atoms with Crippen LogP contribution in [0.2, 0.25) is 0 Å². The minimum absolute atomic E-state index is 0.0125. The first-order valence-corrected chi connectivity index (χ1v) is 11.0. The van der Waals surface area contributed by atoms with Gasteiger partial charge in [0.05, 0.1) is 11.4 Å². The first-order chi connectivity index (χ1) is 15.7. The van der Waals surface area contributed by atoms with E-state index < -0.39 is 40.6 Å². The number of anilines is 2. The van der Waals surface area contributed by atoms with Gasteiger partial charge in [-0.25, -0.2) is 14.5 Å². The summed E-state index contributed by atoms with van der Waals surface area (Å²) in [6.45, 7) is 16.2. The minimum atomic E-state index is -1.66. The van der Waals surface area contributed by atoms with Gasteiger partial charge in [0, 0.05) is 12.1 Å². The molecular weight excluding hydrogens is 456 g/mol. The predicted octanol–water partition coefficient (Wildman–Crippen LogP) is 3.44. The molecule has 0 bridgehead atoms. The molecule has 0 unspecified atom stereocenters. The van der Waals surface area contributed by atoms with E-state index in [0.717, 1.165) is 14.3 Å². The van der Waals surface area contributed by atoms with E-state index in [1.54, 1.807) is 55.4 Å². The summed E-state index contributed by atoms with van der Waals surface area (Å²) in [6, 6.07) is 2.92. The van der Waals surface area contributed by atoms with Crippen molar-refractivity contribution < 1.29 is 28.7 Å². The number of carbonyl (C=O) groups excluding carboxylic acids is 4. The molecule has 2 amide bonds. The molecule has 0 aliphatic heterocycles. The molecule has 0 aromatic carbocycles. The zero-order valence-electron chi connectivity index (χ0n) is 21.9. The standard InChI is InChI=1S/C23H34N6O6/c1-13-11-15(25-28(13)19(32)34-21(3,4)5)27(18(31)23(9,10)17(24)30)16-12-14(2)29(26-16)20(33)35-22(6,7)8/h11-12H,1-10H3,(H2,24,30). The van der Waals surface area contributed by atoms with Gasteiger partial charge in [-0.1, -0.05) is 0 Å². The molecule has 0 aliphatic rings. The summed E-state index contributed by atoms with van der Waals surface area (Å²) in [5, 5.41) is 8.47. The van der Waals surface area contributed by atoms with Crippen LogP contribution in [0.3, 0.4) is 0 Å². The Morgan fingerprint density at radius 2 is 1.11 bits per heavy atom. The molecule has 35 heavy (non-hydrogen) atoms. The summed E-state index contributed by atoms with van der Waals surface area (Å²) in [5.41, 5.74) is 3.01. The van der Waals surface area contributed by atoms with Crippen LogP contribution in [-0.2, 0) is 19.1 Å². The second-order valence-corrected chi connectivity index (χ2v) is 10.7. The van der Waals surface area contributed by atoms with Crippen molar-refractivity contribution in [2.24, 2.45) is 11.1 Å². The third-order valence-electron chi connectivity index (χ3n) is 4.69. The topological polar surface area (TPSA) is 152 Å². The highest BCUT2D eigenvalue weighted by Gasteiger charge is 2.41. The monoisotopic (exact) mass is 490 g/mol. The first kappa shape index (κ1) is 27.5. The van der Waals surface area contributed by atoms with E-state index in [1.807, 2.05) is 0 Å². The summed E-state index contributed by atoms with van der Waals surface area (Å²) >= 11 is 0. The highest BCUT2D eigenvalue weighted by atomic mass is 16.6. The normalized spacial score (nSPS) is 12.3. The average molecular weight is 491 g/mol. The van der Waals surface area contributed by atoms with Gasteiger partial charge >= 0.3 is 12.2 Å². The lowest BCUT2D eigenvalue weighted by Crippen LogP contribution is -2.46. The van der Waals surface area contributed by atoms with E-state index in [1.165, 1.54) is 26.0 Å². The van der Waals surface area contributed by atoms with Gasteiger partial charge in [0.25, 0.3) is 0 Å². The first-order valence-electron chi connectivity index (χ1n) is 11.0. The molecular formula is C23H34N6O6. The lowest BCUT2D eigenvalue weighted by molar-refractivity contribution is -0.137. The van der Waals surface area contributed by atoms with Gasteiger partial charge in [0.2, 0.25) is 11.8 Å². The zero-order chi connectivity index (χ0) is 27.1. The Kier molecular flexibility index (Phi) is 7.21. The molecule has 192 valence electrons. The van der Waals surface area contributed by atoms with Gasteiger partial charge in [-0.15, -0.1) is 10.2 Å². The minimum Gasteiger partial charge on any atom is -0.442 e. The molecule has 12 heteroatoms. The van der Waals surface area contributed by atoms with Gasteiger partial charge in [-0.2, -0.15) is 9.36 Å². The van der Waals surface area contributed by atoms with Crippen LogP contribution in [0.4, 0.5) is 21.2 Å². The quantitative estimate of drug-likeness (QED) is 0.640. The number of aryl methyl sites for hydroxylation is 2. The molecule has 2 aromatic heterocycles. The molecule has 2 N–H and O–H groups in total. The molecule has 12 nitrogen and oxygen atoms in total. The van der Waals surface area contributed by atoms with E-state index in [-0.39, 0.29) is 11.6 Å². The second-order valence-electron chi connectivity index (χ2n) is 10.7. The van der Waals surface area contributed by atoms with E-state index in [0.29, 0.717) is 11.4 Å². The summed E-state index contributed by atoms with van der Waals surface area (Å²) in [5.74, 6) is -1.66. The summed E-state index contributed by atoms with van der Waals surface area (Å²) in [7, 11) is 0. The second kappa shape index (κ2) is 9.16. The fourth-order valence-electron chi connectivity index (χ4n) is 2.83. The number of aromatic nitrogens is 4. The maximum Gasteiger partial charge on any atom is 0.435 e. The Bertz CT molecular complexity index is 1090. The number of hydrogen-bond acceptors (Lipinski definition) is 8. The fraction of sp³-hybridized carbons (Fsp3) is 0.565. The molecule has 0 saturated heterocycles. The lowest BCUT2D eigenvalue weighted by atomic mass is 9.90. The van der Waals surface area contributed by atoms with Crippen molar-refractivity contribution in [2.45, 2.75) is 80.4 Å². The highest BCUT2D eigenvalue weighted by molar-refractivity contribution is 6.13. The average Bonchev–Trinajstić information content (AvgIpc) is 3.22. The summed E-state index contributed by atoms with van der Waals surface area (Å²) in [6.07, 6.45) is -1.50. The molecule has 0 aliphatic carbocycles. The van der Waals surface area contributed by atoms with E-state index in [2.05, 4.69) is 10.2 Å². The predicted molar refractivity (Wildman–Crippen MR) is 127 cm³/mol. The van der Waals surface area contributed by atoms with Crippen molar-refractivity contribution in [2.75, 3.05) is 4.90 Å². The highest BCUT2D eigenvalue weighted by Crippen LogP contribution is 2.31. The third kappa shape index (κ3) is 6.25. The third-order valence-corrected chi connectivity index (χ3v) is 4.69. The van der Waals surface area contributed by atoms with Crippen LogP contribution in [0.5, 0.6) is 0 Å². The maximum absolute atomic E-state index is 13.5. The van der Waals surface area contributed by atoms with Crippen molar-refractivity contribution in [3.05, 3.63) is 23.5 Å². The smallest absolute Gasteiger partial charge is 0.435 e. The number of hydrogen-bond donors (Lipinski definition) is 1. The van der Waals surface area contributed by atoms with Crippen LogP contribution >= 0.6 is 0 Å². The number of carbonyl (C=O) groups is 4. The van der Waals surface area contributed by atoms with Crippen molar-refractivity contribution >= 4 is 35.6 Å². The van der Waals surface area contributed by atoms with Crippen LogP contribution in [-0.4, -0.2) is 54.8 Å². The zero-order valence-corrected chi connectivity index (χ0v) is 21.9. The Morgan fingerprint density at radius 1 is 0.771 bits per heavy atom. The molecule has 0 spiro atoms. The van der Waals surface area contributed by atoms with Crippen molar-refractivity contribution in [1.29, 1.82) is 0 Å². The van der Waals surface area contributed by atoms with Crippen molar-refractivity contribution in [3.8, 4) is 0 Å². The molecule has 0 atom stereocenters. The molecule has 0 fully saturated rings. The van der Waals surface area contributed by atoms with Crippen LogP contribution in [0.15, 0.2) is 12.1 Å². The van der Waals surface area contributed by atoms with E-state index >= 15 is 0 Å². The largest absolute Gasteiger partial charge is 0.442 e. The number of nitrogens with zero attached hydrogens (tertiary/aromatic N) is 5. The SMILES string of the molecule is Cc1cc(N(C(=O)C(C)(C)C(N)=O)c2cc(C)n(C(=O)OC(C)(C)C)n2)nn1C(=O)OC(C)(C)C. The van der Waals surface area contributed by atoms with Gasteiger partial charge in [-0.05, 0) is 69.2 Å². The number of nitrogens with two attached hydrogens (primary N) is 1. The Balaban J connectivity index is 2.64. The molecule has 0 radical (unpaired) electrons. The fourth-order valence-corrected chi connectivity index (χ4v) is 2.83. The number of rotatable bonds is 4. The Morgan fingerprint density at radius 3 is 1.40 bits per heavy atom. The van der Waals surface area contributed by atoms with Gasteiger partial charge in [-0.3, -0.25) is 9.59 Å². The number of amides is 2. The van der Waals surface area contributed by atoms with Crippen LogP contribution < -0.4 is 10.6 Å². The van der Waals surface area contributed by atoms with Gasteiger partial charge in [0.1, 0.15) is 16.6 Å². The summed E-state index contributed by atoms with van der Waals surface area (Å²) < 4.78 is 12.7. The number of ether oxygens (including phenoxy) is 2. The van der Waals surface area contributed by atoms with Crippen LogP contribution in [0.25, 0.3) is 0 Å². The van der Waals surface area contributed by atoms with Crippen LogP contribution in [0.1, 0.15) is 66.8 Å². The van der Waals surface area contributed by atoms with Crippen LogP contribution in [0, 0.1) is 19.3 Å². The lowest BCUT2D eigenvalue weighted by Gasteiger charge is -2.26. The van der Waals surface area contributed by atoms with E-state index in [4.69, 9.17) is 15.2 Å². The van der Waals surface area contributed by atoms with Gasteiger partial charge < -0.3 is 15.2 Å². The molecule has 2 rings (SSSR count). The molecule has 0 saturated carbocycles.